The van der Waals surface area contributed by atoms with Crippen LogP contribution in [0.25, 0.3) is 0 Å². The van der Waals surface area contributed by atoms with E-state index in [1.165, 1.54) is 12.1 Å². The number of rotatable bonds is 5. The molecule has 2 rings (SSSR count). The molecule has 3 nitrogen and oxygen atoms in total. The Balaban J connectivity index is 1.95. The molecule has 0 N–H and O–H groups in total. The lowest BCUT2D eigenvalue weighted by Gasteiger charge is -2.09. The van der Waals surface area contributed by atoms with Crippen LogP contribution in [0.3, 0.4) is 0 Å². The van der Waals surface area contributed by atoms with E-state index >= 15 is 0 Å². The van der Waals surface area contributed by atoms with E-state index in [4.69, 9.17) is 27.9 Å². The minimum Gasteiger partial charge on any atom is -0.459 e. The summed E-state index contributed by atoms with van der Waals surface area (Å²) in [5.41, 5.74) is 1.14. The summed E-state index contributed by atoms with van der Waals surface area (Å²) in [4.78, 5) is 23.8. The van der Waals surface area contributed by atoms with Crippen LogP contribution >= 0.6 is 23.2 Å². The van der Waals surface area contributed by atoms with Gasteiger partial charge in [-0.1, -0.05) is 41.9 Å². The minimum absolute atomic E-state index is 0.0801. The number of alkyl halides is 1. The third kappa shape index (κ3) is 4.31. The van der Waals surface area contributed by atoms with Gasteiger partial charge in [-0.3, -0.25) is 4.79 Å². The summed E-state index contributed by atoms with van der Waals surface area (Å²) >= 11 is 11.6. The van der Waals surface area contributed by atoms with Crippen molar-refractivity contribution in [2.75, 3.05) is 0 Å². The summed E-state index contributed by atoms with van der Waals surface area (Å²) < 4.78 is 5.04. The van der Waals surface area contributed by atoms with Crippen LogP contribution in [-0.4, -0.2) is 17.1 Å². The highest BCUT2D eigenvalue weighted by atomic mass is 35.5. The lowest BCUT2D eigenvalue weighted by molar-refractivity contribution is -0.143. The zero-order valence-electron chi connectivity index (χ0n) is 11.0. The third-order valence-corrected chi connectivity index (χ3v) is 3.42. The van der Waals surface area contributed by atoms with Crippen molar-refractivity contribution in [2.45, 2.75) is 12.0 Å². The predicted molar refractivity (Wildman–Crippen MR) is 81.7 cm³/mol. The molecular weight excluding hydrogens is 311 g/mol. The molecule has 0 radical (unpaired) electrons. The van der Waals surface area contributed by atoms with Crippen molar-refractivity contribution in [3.05, 3.63) is 70.7 Å². The monoisotopic (exact) mass is 322 g/mol. The Morgan fingerprint density at radius 1 is 1.00 bits per heavy atom. The molecule has 108 valence electrons. The summed E-state index contributed by atoms with van der Waals surface area (Å²) in [6.07, 6.45) is 0. The van der Waals surface area contributed by atoms with Gasteiger partial charge in [0.2, 0.25) is 0 Å². The SMILES string of the molecule is O=C(OCc1ccccc1)C(Cl)C(=O)c1ccc(Cl)cc1. The van der Waals surface area contributed by atoms with Gasteiger partial charge in [-0.05, 0) is 29.8 Å². The molecule has 0 heterocycles. The Bertz CT molecular complexity index is 624. The number of halogens is 2. The van der Waals surface area contributed by atoms with Crippen molar-refractivity contribution < 1.29 is 14.3 Å². The first-order valence-electron chi connectivity index (χ1n) is 6.22. The van der Waals surface area contributed by atoms with E-state index in [-0.39, 0.29) is 6.61 Å². The standard InChI is InChI=1S/C16H12Cl2O3/c17-13-8-6-12(7-9-13)15(19)14(18)16(20)21-10-11-4-2-1-3-5-11/h1-9,14H,10H2. The summed E-state index contributed by atoms with van der Waals surface area (Å²) in [5, 5.41) is -0.862. The van der Waals surface area contributed by atoms with Crippen molar-refractivity contribution in [1.29, 1.82) is 0 Å². The number of esters is 1. The Kier molecular flexibility index (Phi) is 5.37. The van der Waals surface area contributed by atoms with E-state index < -0.39 is 17.1 Å². The molecule has 0 saturated heterocycles. The maximum absolute atomic E-state index is 12.0. The second-order valence-electron chi connectivity index (χ2n) is 4.33. The Morgan fingerprint density at radius 3 is 2.24 bits per heavy atom. The zero-order valence-corrected chi connectivity index (χ0v) is 12.5. The van der Waals surface area contributed by atoms with Gasteiger partial charge >= 0.3 is 5.97 Å². The Labute approximate surface area is 132 Å². The molecule has 2 aromatic rings. The lowest BCUT2D eigenvalue weighted by Crippen LogP contribution is -2.26. The Morgan fingerprint density at radius 2 is 1.62 bits per heavy atom. The molecule has 0 bridgehead atoms. The van der Waals surface area contributed by atoms with Crippen LogP contribution in [0.1, 0.15) is 15.9 Å². The highest BCUT2D eigenvalue weighted by Crippen LogP contribution is 2.15. The van der Waals surface area contributed by atoms with E-state index in [2.05, 4.69) is 0 Å². The van der Waals surface area contributed by atoms with Gasteiger partial charge in [-0.2, -0.15) is 0 Å². The largest absolute Gasteiger partial charge is 0.459 e. The molecule has 0 spiro atoms. The number of benzene rings is 2. The first-order valence-corrected chi connectivity index (χ1v) is 7.04. The first-order chi connectivity index (χ1) is 10.1. The molecule has 0 amide bonds. The molecule has 0 aliphatic rings. The molecule has 1 atom stereocenters. The number of hydrogen-bond acceptors (Lipinski definition) is 3. The van der Waals surface area contributed by atoms with Gasteiger partial charge in [0.05, 0.1) is 0 Å². The number of Topliss-reactive ketones (excluding diaryl/α,β-unsaturated/α-hetero) is 1. The van der Waals surface area contributed by atoms with E-state index in [1.54, 1.807) is 12.1 Å². The number of ketones is 1. The number of carbonyl (C=O) groups is 2. The van der Waals surface area contributed by atoms with Crippen LogP contribution < -0.4 is 0 Å². The lowest BCUT2D eigenvalue weighted by atomic mass is 10.1. The van der Waals surface area contributed by atoms with E-state index in [0.29, 0.717) is 10.6 Å². The average Bonchev–Trinajstić information content (AvgIpc) is 2.53. The minimum atomic E-state index is -1.37. The number of hydrogen-bond donors (Lipinski definition) is 0. The third-order valence-electron chi connectivity index (χ3n) is 2.79. The molecule has 1 unspecified atom stereocenters. The molecule has 0 saturated carbocycles. The van der Waals surface area contributed by atoms with Gasteiger partial charge in [0.1, 0.15) is 6.61 Å². The maximum atomic E-state index is 12.0. The number of ether oxygens (including phenoxy) is 1. The van der Waals surface area contributed by atoms with E-state index in [0.717, 1.165) is 5.56 Å². The molecule has 0 aromatic heterocycles. The Hall–Kier alpha value is -1.84. The fourth-order valence-corrected chi connectivity index (χ4v) is 1.98. The van der Waals surface area contributed by atoms with Crippen LogP contribution in [0.2, 0.25) is 5.02 Å². The van der Waals surface area contributed by atoms with Gasteiger partial charge in [0.15, 0.2) is 11.2 Å². The van der Waals surface area contributed by atoms with Crippen LogP contribution in [-0.2, 0) is 16.1 Å². The van der Waals surface area contributed by atoms with Gasteiger partial charge in [0.25, 0.3) is 0 Å². The van der Waals surface area contributed by atoms with Crippen molar-refractivity contribution >= 4 is 35.0 Å². The van der Waals surface area contributed by atoms with Crippen LogP contribution in [0.4, 0.5) is 0 Å². The predicted octanol–water partition coefficient (Wildman–Crippen LogP) is 3.87. The van der Waals surface area contributed by atoms with Gasteiger partial charge in [-0.25, -0.2) is 4.79 Å². The summed E-state index contributed by atoms with van der Waals surface area (Å²) in [5.74, 6) is -1.27. The van der Waals surface area contributed by atoms with Crippen molar-refractivity contribution in [1.82, 2.24) is 0 Å². The normalized spacial score (nSPS) is 11.7. The molecular formula is C16H12Cl2O3. The summed E-state index contributed by atoms with van der Waals surface area (Å²) in [6, 6.07) is 15.3. The smallest absolute Gasteiger partial charge is 0.332 e. The van der Waals surface area contributed by atoms with Crippen LogP contribution in [0.15, 0.2) is 54.6 Å². The van der Waals surface area contributed by atoms with Crippen molar-refractivity contribution in [2.24, 2.45) is 0 Å². The first kappa shape index (κ1) is 15.5. The second kappa shape index (κ2) is 7.25. The van der Waals surface area contributed by atoms with Crippen molar-refractivity contribution in [3.63, 3.8) is 0 Å². The molecule has 21 heavy (non-hydrogen) atoms. The topological polar surface area (TPSA) is 43.4 Å². The van der Waals surface area contributed by atoms with Gasteiger partial charge < -0.3 is 4.74 Å². The molecule has 0 aliphatic carbocycles. The maximum Gasteiger partial charge on any atom is 0.332 e. The second-order valence-corrected chi connectivity index (χ2v) is 5.20. The fraction of sp³-hybridized carbons (Fsp3) is 0.125. The molecule has 2 aromatic carbocycles. The van der Waals surface area contributed by atoms with Crippen molar-refractivity contribution in [3.8, 4) is 0 Å². The van der Waals surface area contributed by atoms with E-state index in [9.17, 15) is 9.59 Å². The molecule has 0 fully saturated rings. The van der Waals surface area contributed by atoms with Crippen LogP contribution in [0.5, 0.6) is 0 Å². The van der Waals surface area contributed by atoms with Gasteiger partial charge in [0, 0.05) is 10.6 Å². The van der Waals surface area contributed by atoms with E-state index in [1.807, 2.05) is 30.3 Å². The zero-order chi connectivity index (χ0) is 15.2. The number of carbonyl (C=O) groups excluding carboxylic acids is 2. The summed E-state index contributed by atoms with van der Waals surface area (Å²) in [7, 11) is 0. The molecule has 5 heteroatoms. The molecule has 0 aliphatic heterocycles. The highest BCUT2D eigenvalue weighted by Gasteiger charge is 2.26. The quantitative estimate of drug-likeness (QED) is 0.363. The average molecular weight is 323 g/mol. The van der Waals surface area contributed by atoms with Crippen LogP contribution in [0, 0.1) is 0 Å². The summed E-state index contributed by atoms with van der Waals surface area (Å²) in [6.45, 7) is 0.0801. The fourth-order valence-electron chi connectivity index (χ4n) is 1.67. The van der Waals surface area contributed by atoms with Gasteiger partial charge in [-0.15, -0.1) is 11.6 Å². The highest BCUT2D eigenvalue weighted by molar-refractivity contribution is 6.43.